The molecule has 1 saturated heterocycles. The van der Waals surface area contributed by atoms with Gasteiger partial charge in [0.1, 0.15) is 5.82 Å². The highest BCUT2D eigenvalue weighted by Crippen LogP contribution is 2.29. The Kier molecular flexibility index (Phi) is 4.95. The molecule has 132 valence electrons. The first-order valence-corrected chi connectivity index (χ1v) is 9.36. The predicted molar refractivity (Wildman–Crippen MR) is 105 cm³/mol. The number of carbonyl (C=O) groups excluding carboxylic acids is 1. The second-order valence-electron chi connectivity index (χ2n) is 5.99. The molecule has 1 fully saturated rings. The normalized spacial score (nSPS) is 14.2. The van der Waals surface area contributed by atoms with Gasteiger partial charge in [-0.2, -0.15) is 0 Å². The number of nitrogens with one attached hydrogen (secondary N) is 1. The maximum Gasteiger partial charge on any atom is 0.265 e. The fourth-order valence-corrected chi connectivity index (χ4v) is 3.73. The highest BCUT2D eigenvalue weighted by atomic mass is 32.1. The number of morpholine rings is 1. The van der Waals surface area contributed by atoms with Gasteiger partial charge in [-0.15, -0.1) is 11.3 Å². The van der Waals surface area contributed by atoms with E-state index >= 15 is 0 Å². The molecule has 1 aliphatic heterocycles. The Morgan fingerprint density at radius 2 is 1.85 bits per heavy atom. The Morgan fingerprint density at radius 3 is 2.58 bits per heavy atom. The van der Waals surface area contributed by atoms with Crippen molar-refractivity contribution in [1.82, 2.24) is 4.98 Å². The number of aromatic nitrogens is 1. The summed E-state index contributed by atoms with van der Waals surface area (Å²) in [6.07, 6.45) is 1.87. The number of pyridine rings is 1. The molecule has 5 nitrogen and oxygen atoms in total. The molecule has 26 heavy (non-hydrogen) atoms. The van der Waals surface area contributed by atoms with E-state index < -0.39 is 0 Å². The fourth-order valence-electron chi connectivity index (χ4n) is 2.84. The summed E-state index contributed by atoms with van der Waals surface area (Å²) in [7, 11) is 0. The average molecular weight is 365 g/mol. The van der Waals surface area contributed by atoms with Crippen molar-refractivity contribution < 1.29 is 9.53 Å². The molecule has 0 spiro atoms. The van der Waals surface area contributed by atoms with Crippen molar-refractivity contribution in [3.63, 3.8) is 0 Å². The van der Waals surface area contributed by atoms with Crippen LogP contribution in [0.2, 0.25) is 0 Å². The van der Waals surface area contributed by atoms with Gasteiger partial charge in [-0.3, -0.25) is 4.79 Å². The number of hydrogen-bond acceptors (Lipinski definition) is 5. The van der Waals surface area contributed by atoms with Crippen molar-refractivity contribution in [2.75, 3.05) is 36.5 Å². The van der Waals surface area contributed by atoms with Crippen LogP contribution in [0.25, 0.3) is 10.4 Å². The number of nitrogens with zero attached hydrogens (tertiary/aromatic N) is 2. The van der Waals surface area contributed by atoms with Gasteiger partial charge >= 0.3 is 0 Å². The third-order valence-corrected chi connectivity index (χ3v) is 5.36. The summed E-state index contributed by atoms with van der Waals surface area (Å²) in [6.45, 7) is 3.23. The number of rotatable bonds is 4. The molecule has 1 amide bonds. The Morgan fingerprint density at radius 1 is 1.04 bits per heavy atom. The van der Waals surface area contributed by atoms with Gasteiger partial charge in [-0.05, 0) is 36.4 Å². The zero-order valence-electron chi connectivity index (χ0n) is 14.2. The third kappa shape index (κ3) is 3.76. The topological polar surface area (TPSA) is 54.5 Å². The van der Waals surface area contributed by atoms with Crippen LogP contribution in [-0.2, 0) is 4.74 Å². The average Bonchev–Trinajstić information content (AvgIpc) is 3.20. The molecule has 0 saturated carbocycles. The smallest absolute Gasteiger partial charge is 0.265 e. The van der Waals surface area contributed by atoms with Crippen LogP contribution >= 0.6 is 11.3 Å². The van der Waals surface area contributed by atoms with Gasteiger partial charge in [0.25, 0.3) is 5.91 Å². The first-order valence-electron chi connectivity index (χ1n) is 8.55. The molecule has 3 aromatic rings. The lowest BCUT2D eigenvalue weighted by Gasteiger charge is -2.27. The monoisotopic (exact) mass is 365 g/mol. The van der Waals surface area contributed by atoms with Crippen LogP contribution in [0.3, 0.4) is 0 Å². The second kappa shape index (κ2) is 7.68. The number of thiophene rings is 1. The lowest BCUT2D eigenvalue weighted by atomic mass is 10.2. The van der Waals surface area contributed by atoms with E-state index in [1.165, 1.54) is 11.3 Å². The summed E-state index contributed by atoms with van der Waals surface area (Å²) < 4.78 is 5.38. The number of ether oxygens (including phenoxy) is 1. The third-order valence-electron chi connectivity index (χ3n) is 4.23. The number of para-hydroxylation sites is 1. The minimum Gasteiger partial charge on any atom is -0.378 e. The highest BCUT2D eigenvalue weighted by molar-refractivity contribution is 7.17. The molecule has 6 heteroatoms. The molecular formula is C20H19N3O2S. The van der Waals surface area contributed by atoms with E-state index in [1.54, 1.807) is 0 Å². The number of anilines is 2. The van der Waals surface area contributed by atoms with Gasteiger partial charge in [0.05, 0.1) is 18.1 Å². The first-order chi connectivity index (χ1) is 12.8. The van der Waals surface area contributed by atoms with Crippen LogP contribution in [0.15, 0.2) is 60.8 Å². The molecule has 1 N–H and O–H groups in total. The summed E-state index contributed by atoms with van der Waals surface area (Å²) in [5.41, 5.74) is 1.81. The molecule has 0 bridgehead atoms. The minimum atomic E-state index is -0.0923. The van der Waals surface area contributed by atoms with Crippen molar-refractivity contribution in [3.8, 4) is 10.4 Å². The molecule has 1 aliphatic rings. The van der Waals surface area contributed by atoms with Crippen LogP contribution in [0.5, 0.6) is 0 Å². The number of benzene rings is 1. The van der Waals surface area contributed by atoms with Gasteiger partial charge in [0, 0.05) is 35.4 Å². The van der Waals surface area contributed by atoms with Crippen molar-refractivity contribution in [2.24, 2.45) is 0 Å². The molecule has 0 unspecified atom stereocenters. The van der Waals surface area contributed by atoms with E-state index in [2.05, 4.69) is 21.3 Å². The van der Waals surface area contributed by atoms with E-state index in [0.29, 0.717) is 4.88 Å². The lowest BCUT2D eigenvalue weighted by molar-refractivity contribution is 0.103. The van der Waals surface area contributed by atoms with E-state index in [-0.39, 0.29) is 5.91 Å². The molecule has 0 radical (unpaired) electrons. The summed E-state index contributed by atoms with van der Waals surface area (Å²) >= 11 is 1.47. The van der Waals surface area contributed by atoms with Gasteiger partial charge in [0.15, 0.2) is 0 Å². The Labute approximate surface area is 156 Å². The Balaban J connectivity index is 1.46. The molecule has 4 rings (SSSR count). The van der Waals surface area contributed by atoms with E-state index in [1.807, 2.05) is 54.7 Å². The van der Waals surface area contributed by atoms with Crippen molar-refractivity contribution in [2.45, 2.75) is 0 Å². The lowest BCUT2D eigenvalue weighted by Crippen LogP contribution is -2.36. The zero-order chi connectivity index (χ0) is 17.8. The molecule has 2 aromatic heterocycles. The van der Waals surface area contributed by atoms with Crippen molar-refractivity contribution in [1.29, 1.82) is 0 Å². The van der Waals surface area contributed by atoms with Crippen molar-refractivity contribution in [3.05, 3.63) is 65.7 Å². The zero-order valence-corrected chi connectivity index (χ0v) is 15.0. The van der Waals surface area contributed by atoms with Gasteiger partial charge in [-0.1, -0.05) is 18.2 Å². The van der Waals surface area contributed by atoms with Crippen LogP contribution in [0.1, 0.15) is 9.67 Å². The molecule has 0 aliphatic carbocycles. The largest absolute Gasteiger partial charge is 0.378 e. The summed E-state index contributed by atoms with van der Waals surface area (Å²) in [6, 6.07) is 17.4. The summed E-state index contributed by atoms with van der Waals surface area (Å²) in [5, 5.41) is 2.91. The van der Waals surface area contributed by atoms with Gasteiger partial charge in [-0.25, -0.2) is 4.98 Å². The first kappa shape index (κ1) is 16.8. The quantitative estimate of drug-likeness (QED) is 0.762. The molecule has 1 aromatic carbocycles. The maximum atomic E-state index is 12.4. The highest BCUT2D eigenvalue weighted by Gasteiger charge is 2.14. The number of hydrogen-bond donors (Lipinski definition) is 1. The molecule has 3 heterocycles. The number of carbonyl (C=O) groups is 1. The summed E-state index contributed by atoms with van der Waals surface area (Å²) in [4.78, 5) is 20.9. The predicted octanol–water partition coefficient (Wildman–Crippen LogP) is 3.90. The van der Waals surface area contributed by atoms with E-state index in [0.717, 1.165) is 48.2 Å². The van der Waals surface area contributed by atoms with E-state index in [4.69, 9.17) is 4.74 Å². The Bertz CT molecular complexity index is 872. The van der Waals surface area contributed by atoms with Crippen molar-refractivity contribution >= 4 is 28.7 Å². The van der Waals surface area contributed by atoms with Gasteiger partial charge in [0.2, 0.25) is 0 Å². The standard InChI is InChI=1S/C20H19N3O2S/c24-20(22-16-4-2-1-3-5-16)18-8-7-17(26-18)15-6-9-19(21-14-15)23-10-12-25-13-11-23/h1-9,14H,10-13H2,(H,22,24). The molecule has 0 atom stereocenters. The van der Waals surface area contributed by atoms with Crippen LogP contribution in [0.4, 0.5) is 11.5 Å². The number of amides is 1. The summed E-state index contributed by atoms with van der Waals surface area (Å²) in [5.74, 6) is 0.876. The second-order valence-corrected chi connectivity index (χ2v) is 7.07. The fraction of sp³-hybridized carbons (Fsp3) is 0.200. The molecular weight excluding hydrogens is 346 g/mol. The SMILES string of the molecule is O=C(Nc1ccccc1)c1ccc(-c2ccc(N3CCOCC3)nc2)s1. The van der Waals surface area contributed by atoms with Crippen LogP contribution in [-0.4, -0.2) is 37.2 Å². The van der Waals surface area contributed by atoms with Crippen LogP contribution < -0.4 is 10.2 Å². The van der Waals surface area contributed by atoms with E-state index in [9.17, 15) is 4.79 Å². The van der Waals surface area contributed by atoms with Crippen LogP contribution in [0, 0.1) is 0 Å². The van der Waals surface area contributed by atoms with Gasteiger partial charge < -0.3 is 15.0 Å². The maximum absolute atomic E-state index is 12.4. The minimum absolute atomic E-state index is 0.0923. The Hall–Kier alpha value is -2.70.